The van der Waals surface area contributed by atoms with Crippen molar-refractivity contribution in [2.45, 2.75) is 39.5 Å². The van der Waals surface area contributed by atoms with Gasteiger partial charge >= 0.3 is 0 Å². The minimum absolute atomic E-state index is 0.384. The highest BCUT2D eigenvalue weighted by molar-refractivity contribution is 6.10. The van der Waals surface area contributed by atoms with Crippen LogP contribution in [0.1, 0.15) is 50.7 Å². The normalized spacial score (nSPS) is 11.8. The molecule has 0 aliphatic carbocycles. The van der Waals surface area contributed by atoms with E-state index in [1.165, 1.54) is 33.5 Å². The molecule has 2 heterocycles. The fourth-order valence-electron chi connectivity index (χ4n) is 6.14. The second-order valence-electron chi connectivity index (χ2n) is 11.7. The molecule has 0 fully saturated rings. The highest BCUT2D eigenvalue weighted by Crippen LogP contribution is 2.39. The second kappa shape index (κ2) is 10.5. The van der Waals surface area contributed by atoms with Gasteiger partial charge in [0, 0.05) is 23.2 Å². The number of hydrogen-bond acceptors (Lipinski definition) is 2. The fourth-order valence-corrected chi connectivity index (χ4v) is 6.14. The Kier molecular flexibility index (Phi) is 6.51. The van der Waals surface area contributed by atoms with Gasteiger partial charge in [-0.2, -0.15) is 0 Å². The maximum Gasteiger partial charge on any atom is 0.148 e. The first-order valence-electron chi connectivity index (χ1n) is 14.8. The van der Waals surface area contributed by atoms with Crippen LogP contribution in [0.3, 0.4) is 0 Å². The largest absolute Gasteiger partial charge is 0.455 e. The Balaban J connectivity index is 1.37. The first-order chi connectivity index (χ1) is 20.5. The topological polar surface area (TPSA) is 31.0 Å². The molecule has 3 heteroatoms. The molecule has 0 aliphatic heterocycles. The highest BCUT2D eigenvalue weighted by atomic mass is 16.3. The summed E-state index contributed by atoms with van der Waals surface area (Å²) in [4.78, 5) is 4.89. The molecule has 2 aromatic heterocycles. The van der Waals surface area contributed by atoms with Crippen molar-refractivity contribution < 1.29 is 4.42 Å². The van der Waals surface area contributed by atoms with E-state index in [4.69, 9.17) is 9.40 Å². The molecule has 0 radical (unpaired) electrons. The van der Waals surface area contributed by atoms with Crippen molar-refractivity contribution in [2.75, 3.05) is 0 Å². The summed E-state index contributed by atoms with van der Waals surface area (Å²) in [6.07, 6.45) is 3.98. The molecule has 5 aromatic carbocycles. The van der Waals surface area contributed by atoms with E-state index in [1.54, 1.807) is 0 Å². The molecule has 0 unspecified atom stereocenters. The van der Waals surface area contributed by atoms with Crippen molar-refractivity contribution in [3.05, 3.63) is 133 Å². The van der Waals surface area contributed by atoms with Gasteiger partial charge in [0.15, 0.2) is 0 Å². The Morgan fingerprint density at radius 1 is 0.595 bits per heavy atom. The third kappa shape index (κ3) is 4.42. The summed E-state index contributed by atoms with van der Waals surface area (Å²) in [7, 11) is 0. The summed E-state index contributed by atoms with van der Waals surface area (Å²) in [6.45, 7) is 9.03. The van der Waals surface area contributed by atoms with Crippen LogP contribution in [0.15, 0.2) is 126 Å². The van der Waals surface area contributed by atoms with Crippen LogP contribution in [-0.4, -0.2) is 9.55 Å². The van der Waals surface area contributed by atoms with Gasteiger partial charge in [-0.15, -0.1) is 0 Å². The average molecular weight is 547 g/mol. The first-order valence-corrected chi connectivity index (χ1v) is 14.8. The Bertz CT molecular complexity index is 2020. The molecule has 0 atom stereocenters. The maximum atomic E-state index is 6.68. The van der Waals surface area contributed by atoms with Crippen LogP contribution >= 0.6 is 0 Å². The highest BCUT2D eigenvalue weighted by Gasteiger charge is 2.21. The number of aromatic nitrogens is 2. The molecule has 0 N–H and O–H groups in total. The lowest BCUT2D eigenvalue weighted by Crippen LogP contribution is -2.07. The van der Waals surface area contributed by atoms with Crippen molar-refractivity contribution in [3.63, 3.8) is 0 Å². The third-order valence-corrected chi connectivity index (χ3v) is 8.27. The van der Waals surface area contributed by atoms with Crippen LogP contribution in [0.5, 0.6) is 0 Å². The summed E-state index contributed by atoms with van der Waals surface area (Å²) in [5.74, 6) is 1.66. The standard InChI is InChI=1S/C39H34N2O/c1-25(2)31-15-9-16-32(26(3)4)37(31)41-22-21-40-39(41)35-18-10-17-34-33-20-19-30(24-36(33)42-38(34)35)29-14-8-13-28(23-29)27-11-6-5-7-12-27/h5-26H,1-4H3. The van der Waals surface area contributed by atoms with Gasteiger partial charge in [-0.1, -0.05) is 113 Å². The minimum atomic E-state index is 0.384. The number of rotatable bonds is 6. The van der Waals surface area contributed by atoms with Gasteiger partial charge in [-0.05, 0) is 69.5 Å². The number of furan rings is 1. The Hall–Kier alpha value is -4.89. The van der Waals surface area contributed by atoms with Gasteiger partial charge in [-0.3, -0.25) is 4.57 Å². The second-order valence-corrected chi connectivity index (χ2v) is 11.7. The van der Waals surface area contributed by atoms with Crippen molar-refractivity contribution in [1.82, 2.24) is 9.55 Å². The van der Waals surface area contributed by atoms with Crippen molar-refractivity contribution in [3.8, 4) is 39.3 Å². The average Bonchev–Trinajstić information content (AvgIpc) is 3.65. The van der Waals surface area contributed by atoms with E-state index >= 15 is 0 Å². The molecule has 0 amide bonds. The number of para-hydroxylation sites is 2. The summed E-state index contributed by atoms with van der Waals surface area (Å²) < 4.78 is 8.93. The predicted molar refractivity (Wildman–Crippen MR) is 175 cm³/mol. The van der Waals surface area contributed by atoms with Crippen LogP contribution in [0.25, 0.3) is 61.3 Å². The number of benzene rings is 5. The molecule has 0 bridgehead atoms. The summed E-state index contributed by atoms with van der Waals surface area (Å²) in [5, 5.41) is 2.21. The molecule has 0 saturated heterocycles. The summed E-state index contributed by atoms with van der Waals surface area (Å²) >= 11 is 0. The molecule has 3 nitrogen and oxygen atoms in total. The lowest BCUT2D eigenvalue weighted by molar-refractivity contribution is 0.669. The first kappa shape index (κ1) is 26.0. The molecule has 7 aromatic rings. The van der Waals surface area contributed by atoms with E-state index in [2.05, 4.69) is 148 Å². The molecule has 7 rings (SSSR count). The van der Waals surface area contributed by atoms with E-state index in [0.29, 0.717) is 11.8 Å². The summed E-state index contributed by atoms with van der Waals surface area (Å²) in [5.41, 5.74) is 11.3. The van der Waals surface area contributed by atoms with Gasteiger partial charge in [0.2, 0.25) is 0 Å². The van der Waals surface area contributed by atoms with Crippen molar-refractivity contribution in [2.24, 2.45) is 0 Å². The van der Waals surface area contributed by atoms with Crippen LogP contribution in [-0.2, 0) is 0 Å². The molecule has 0 spiro atoms. The van der Waals surface area contributed by atoms with E-state index in [0.717, 1.165) is 38.9 Å². The molecule has 42 heavy (non-hydrogen) atoms. The zero-order chi connectivity index (χ0) is 28.8. The zero-order valence-corrected chi connectivity index (χ0v) is 24.5. The monoisotopic (exact) mass is 546 g/mol. The van der Waals surface area contributed by atoms with Gasteiger partial charge in [-0.25, -0.2) is 4.98 Å². The predicted octanol–water partition coefficient (Wildman–Crippen LogP) is 11.0. The van der Waals surface area contributed by atoms with Crippen LogP contribution in [0, 0.1) is 0 Å². The maximum absolute atomic E-state index is 6.68. The third-order valence-electron chi connectivity index (χ3n) is 8.27. The quantitative estimate of drug-likeness (QED) is 0.208. The SMILES string of the molecule is CC(C)c1cccc(C(C)C)c1-n1ccnc1-c1cccc2c1oc1cc(-c3cccc(-c4ccccc4)c3)ccc12. The van der Waals surface area contributed by atoms with E-state index in [1.807, 2.05) is 6.20 Å². The Morgan fingerprint density at radius 3 is 1.98 bits per heavy atom. The van der Waals surface area contributed by atoms with Gasteiger partial charge in [0.1, 0.15) is 17.0 Å². The van der Waals surface area contributed by atoms with Crippen LogP contribution < -0.4 is 0 Å². The Labute approximate surface area is 247 Å². The van der Waals surface area contributed by atoms with Crippen molar-refractivity contribution >= 4 is 21.9 Å². The Morgan fingerprint density at radius 2 is 1.24 bits per heavy atom. The van der Waals surface area contributed by atoms with E-state index in [-0.39, 0.29) is 0 Å². The van der Waals surface area contributed by atoms with Crippen LogP contribution in [0.2, 0.25) is 0 Å². The van der Waals surface area contributed by atoms with Crippen LogP contribution in [0.4, 0.5) is 0 Å². The van der Waals surface area contributed by atoms with E-state index < -0.39 is 0 Å². The zero-order valence-electron chi connectivity index (χ0n) is 24.5. The molecule has 206 valence electrons. The molecule has 0 saturated carbocycles. The van der Waals surface area contributed by atoms with Gasteiger partial charge < -0.3 is 4.42 Å². The number of nitrogens with zero attached hydrogens (tertiary/aromatic N) is 2. The molecule has 0 aliphatic rings. The molecular formula is C39H34N2O. The number of imidazole rings is 1. The lowest BCUT2D eigenvalue weighted by atomic mass is 9.92. The van der Waals surface area contributed by atoms with E-state index in [9.17, 15) is 0 Å². The number of hydrogen-bond donors (Lipinski definition) is 0. The summed E-state index contributed by atoms with van der Waals surface area (Å²) in [6, 6.07) is 38.8. The van der Waals surface area contributed by atoms with Gasteiger partial charge in [0.05, 0.1) is 11.3 Å². The fraction of sp³-hybridized carbons (Fsp3) is 0.154. The smallest absolute Gasteiger partial charge is 0.148 e. The lowest BCUT2D eigenvalue weighted by Gasteiger charge is -2.21. The molecular weight excluding hydrogens is 512 g/mol. The van der Waals surface area contributed by atoms with Gasteiger partial charge in [0.25, 0.3) is 0 Å². The number of fused-ring (bicyclic) bond motifs is 3. The minimum Gasteiger partial charge on any atom is -0.455 e. The van der Waals surface area contributed by atoms with Crippen molar-refractivity contribution in [1.29, 1.82) is 0 Å².